The Labute approximate surface area is 128 Å². The van der Waals surface area contributed by atoms with Crippen molar-refractivity contribution < 1.29 is 4.79 Å². The molecule has 1 aromatic rings. The first-order valence-electron chi connectivity index (χ1n) is 6.80. The van der Waals surface area contributed by atoms with E-state index in [1.54, 1.807) is 6.08 Å². The molecule has 1 aromatic carbocycles. The maximum Gasteiger partial charge on any atom is 0.276 e. The van der Waals surface area contributed by atoms with Gasteiger partial charge in [0.25, 0.3) is 5.91 Å². The van der Waals surface area contributed by atoms with Crippen molar-refractivity contribution in [2.75, 3.05) is 30.9 Å². The number of fused-ring (bicyclic) bond motifs is 1. The van der Waals surface area contributed by atoms with Gasteiger partial charge in [0.15, 0.2) is 5.71 Å². The second-order valence-electron chi connectivity index (χ2n) is 5.10. The molecule has 0 saturated carbocycles. The lowest BCUT2D eigenvalue weighted by atomic mass is 10.1. The molecule has 0 fully saturated rings. The molecule has 0 aliphatic carbocycles. The number of nitrogens with zero attached hydrogens (tertiary/aromatic N) is 5. The summed E-state index contributed by atoms with van der Waals surface area (Å²) in [5.74, 6) is 0.655. The van der Waals surface area contributed by atoms with Crippen LogP contribution in [0.1, 0.15) is 0 Å². The molecule has 3 rings (SSSR count). The zero-order valence-corrected chi connectivity index (χ0v) is 12.6. The van der Waals surface area contributed by atoms with Gasteiger partial charge in [-0.3, -0.25) is 4.79 Å². The van der Waals surface area contributed by atoms with Gasteiger partial charge in [0.1, 0.15) is 11.9 Å². The van der Waals surface area contributed by atoms with Gasteiger partial charge < -0.3 is 9.80 Å². The third kappa shape index (κ3) is 1.95. The number of rotatable bonds is 1. The fraction of sp³-hybridized carbons (Fsp3) is 0.188. The Morgan fingerprint density at radius 3 is 2.23 bits per heavy atom. The van der Waals surface area contributed by atoms with E-state index >= 15 is 0 Å². The number of carbonyl (C=O) groups is 1. The first-order chi connectivity index (χ1) is 10.5. The van der Waals surface area contributed by atoms with Gasteiger partial charge in [-0.25, -0.2) is 5.01 Å². The molecular formula is C16H15N5O. The lowest BCUT2D eigenvalue weighted by molar-refractivity contribution is -0.124. The van der Waals surface area contributed by atoms with Crippen LogP contribution in [0.2, 0.25) is 0 Å². The number of hydrazone groups is 1. The smallest absolute Gasteiger partial charge is 0.276 e. The van der Waals surface area contributed by atoms with Crippen LogP contribution in [0.15, 0.2) is 52.9 Å². The maximum atomic E-state index is 12.0. The Hall–Kier alpha value is -3.07. The van der Waals surface area contributed by atoms with Crippen molar-refractivity contribution in [2.24, 2.45) is 5.10 Å². The zero-order chi connectivity index (χ0) is 15.9. The SMILES string of the molecule is CN1N=C(C#N)/C(=C\C=C2N(C)c3ccccc3N2C)C1=O. The minimum absolute atomic E-state index is 0.144. The minimum atomic E-state index is -0.269. The van der Waals surface area contributed by atoms with Crippen LogP contribution < -0.4 is 9.80 Å². The lowest BCUT2D eigenvalue weighted by Gasteiger charge is -2.17. The molecule has 6 nitrogen and oxygen atoms in total. The molecule has 22 heavy (non-hydrogen) atoms. The molecule has 0 radical (unpaired) electrons. The highest BCUT2D eigenvalue weighted by Gasteiger charge is 2.28. The second-order valence-corrected chi connectivity index (χ2v) is 5.10. The van der Waals surface area contributed by atoms with Crippen molar-refractivity contribution in [1.29, 1.82) is 5.26 Å². The van der Waals surface area contributed by atoms with E-state index in [4.69, 9.17) is 5.26 Å². The molecule has 0 N–H and O–H groups in total. The monoisotopic (exact) mass is 293 g/mol. The molecular weight excluding hydrogens is 278 g/mol. The summed E-state index contributed by atoms with van der Waals surface area (Å²) in [6.07, 6.45) is 3.49. The van der Waals surface area contributed by atoms with E-state index < -0.39 is 0 Å². The molecule has 0 saturated heterocycles. The minimum Gasteiger partial charge on any atom is -0.329 e. The van der Waals surface area contributed by atoms with Crippen LogP contribution in [0.3, 0.4) is 0 Å². The third-order valence-corrected chi connectivity index (χ3v) is 3.83. The molecule has 0 aromatic heterocycles. The van der Waals surface area contributed by atoms with Crippen LogP contribution in [0.5, 0.6) is 0 Å². The standard InChI is InChI=1S/C16H15N5O/c1-19-13-6-4-5-7-14(13)20(2)15(19)9-8-11-12(10-17)18-21(3)16(11)22/h4-9H,1-3H3/b11-8+. The molecule has 0 unspecified atom stereocenters. The molecule has 0 bridgehead atoms. The molecule has 6 heteroatoms. The average Bonchev–Trinajstić information content (AvgIpc) is 2.94. The van der Waals surface area contributed by atoms with Gasteiger partial charge in [-0.1, -0.05) is 12.1 Å². The van der Waals surface area contributed by atoms with Crippen molar-refractivity contribution in [2.45, 2.75) is 0 Å². The van der Waals surface area contributed by atoms with E-state index in [2.05, 4.69) is 5.10 Å². The highest BCUT2D eigenvalue weighted by molar-refractivity contribution is 6.30. The molecule has 2 aliphatic rings. The first-order valence-corrected chi connectivity index (χ1v) is 6.80. The van der Waals surface area contributed by atoms with Gasteiger partial charge in [0.2, 0.25) is 0 Å². The highest BCUT2D eigenvalue weighted by Crippen LogP contribution is 2.39. The predicted octanol–water partition coefficient (Wildman–Crippen LogP) is 1.69. The van der Waals surface area contributed by atoms with Crippen LogP contribution in [0.4, 0.5) is 11.4 Å². The van der Waals surface area contributed by atoms with E-state index in [0.717, 1.165) is 17.2 Å². The number of para-hydroxylation sites is 2. The van der Waals surface area contributed by atoms with E-state index in [0.29, 0.717) is 5.57 Å². The van der Waals surface area contributed by atoms with Gasteiger partial charge >= 0.3 is 0 Å². The van der Waals surface area contributed by atoms with Crippen molar-refractivity contribution in [3.05, 3.63) is 47.8 Å². The normalized spacial score (nSPS) is 18.7. The van der Waals surface area contributed by atoms with Gasteiger partial charge in [-0.05, 0) is 24.3 Å². The summed E-state index contributed by atoms with van der Waals surface area (Å²) in [6, 6.07) is 10.0. The van der Waals surface area contributed by atoms with E-state index in [1.165, 1.54) is 12.1 Å². The Bertz CT molecular complexity index is 753. The Morgan fingerprint density at radius 1 is 1.09 bits per heavy atom. The van der Waals surface area contributed by atoms with Crippen molar-refractivity contribution in [3.63, 3.8) is 0 Å². The number of likely N-dealkylation sites (N-methyl/N-ethyl adjacent to an activating group) is 1. The number of carbonyl (C=O) groups excluding carboxylic acids is 1. The van der Waals surface area contributed by atoms with Gasteiger partial charge in [0, 0.05) is 21.1 Å². The van der Waals surface area contributed by atoms with Gasteiger partial charge in [-0.2, -0.15) is 10.4 Å². The summed E-state index contributed by atoms with van der Waals surface area (Å²) in [5.41, 5.74) is 2.65. The van der Waals surface area contributed by atoms with E-state index in [9.17, 15) is 4.79 Å². The summed E-state index contributed by atoms with van der Waals surface area (Å²) >= 11 is 0. The van der Waals surface area contributed by atoms with Gasteiger partial charge in [0.05, 0.1) is 16.9 Å². The third-order valence-electron chi connectivity index (χ3n) is 3.83. The number of allylic oxidation sites excluding steroid dienone is 2. The summed E-state index contributed by atoms with van der Waals surface area (Å²) in [4.78, 5) is 16.1. The summed E-state index contributed by atoms with van der Waals surface area (Å²) in [6.45, 7) is 0. The summed E-state index contributed by atoms with van der Waals surface area (Å²) in [5, 5.41) is 14.2. The van der Waals surface area contributed by atoms with Crippen LogP contribution in [0, 0.1) is 11.3 Å². The fourth-order valence-electron chi connectivity index (χ4n) is 2.64. The molecule has 110 valence electrons. The average molecular weight is 293 g/mol. The van der Waals surface area contributed by atoms with Crippen LogP contribution in [-0.4, -0.2) is 37.8 Å². The number of hydrogen-bond donors (Lipinski definition) is 0. The van der Waals surface area contributed by atoms with Crippen LogP contribution in [-0.2, 0) is 4.79 Å². The van der Waals surface area contributed by atoms with E-state index in [-0.39, 0.29) is 11.6 Å². The number of hydrogen-bond acceptors (Lipinski definition) is 5. The summed E-state index contributed by atoms with van der Waals surface area (Å²) in [7, 11) is 5.47. The number of anilines is 2. The first kappa shape index (κ1) is 13.9. The Balaban J connectivity index is 1.98. The van der Waals surface area contributed by atoms with Crippen molar-refractivity contribution in [1.82, 2.24) is 5.01 Å². The molecule has 2 heterocycles. The van der Waals surface area contributed by atoms with Crippen molar-refractivity contribution >= 4 is 23.0 Å². The number of amides is 1. The van der Waals surface area contributed by atoms with Crippen molar-refractivity contribution in [3.8, 4) is 6.07 Å². The largest absolute Gasteiger partial charge is 0.329 e. The topological polar surface area (TPSA) is 62.9 Å². The Kier molecular flexibility index (Phi) is 3.18. The lowest BCUT2D eigenvalue weighted by Crippen LogP contribution is -2.22. The highest BCUT2D eigenvalue weighted by atomic mass is 16.2. The fourth-order valence-corrected chi connectivity index (χ4v) is 2.64. The molecule has 0 atom stereocenters. The molecule has 1 amide bonds. The second kappa shape index (κ2) is 5.04. The Morgan fingerprint density at radius 2 is 1.68 bits per heavy atom. The van der Waals surface area contributed by atoms with Gasteiger partial charge in [-0.15, -0.1) is 0 Å². The maximum absolute atomic E-state index is 12.0. The van der Waals surface area contributed by atoms with E-state index in [1.807, 2.05) is 60.3 Å². The number of nitriles is 1. The molecule has 2 aliphatic heterocycles. The summed E-state index contributed by atoms with van der Waals surface area (Å²) < 4.78 is 0. The predicted molar refractivity (Wildman–Crippen MR) is 85.2 cm³/mol. The molecule has 0 spiro atoms. The quantitative estimate of drug-likeness (QED) is 0.739. The number of benzene rings is 1. The zero-order valence-electron chi connectivity index (χ0n) is 12.6. The van der Waals surface area contributed by atoms with Crippen LogP contribution in [0.25, 0.3) is 0 Å². The van der Waals surface area contributed by atoms with Crippen LogP contribution >= 0.6 is 0 Å².